The van der Waals surface area contributed by atoms with Crippen LogP contribution >= 0.6 is 23.2 Å². The molecule has 0 saturated heterocycles. The Bertz CT molecular complexity index is 611. The number of benzene rings is 2. The Kier molecular flexibility index (Phi) is 5.51. The van der Waals surface area contributed by atoms with Gasteiger partial charge in [-0.3, -0.25) is 0 Å². The molecule has 0 aromatic heterocycles. The summed E-state index contributed by atoms with van der Waals surface area (Å²) in [5.74, 6) is 0. The maximum atomic E-state index is 6.11. The Hall–Kier alpha value is -1.22. The number of nitrogens with two attached hydrogens (primary N) is 1. The molecule has 0 bridgehead atoms. The minimum Gasteiger partial charge on any atom is -0.370 e. The number of anilines is 1. The van der Waals surface area contributed by atoms with Crippen molar-refractivity contribution in [2.24, 2.45) is 5.73 Å². The van der Waals surface area contributed by atoms with Crippen molar-refractivity contribution in [1.29, 1.82) is 0 Å². The summed E-state index contributed by atoms with van der Waals surface area (Å²) in [6.07, 6.45) is 0.801. The third-order valence-corrected chi connectivity index (χ3v) is 3.77. The molecule has 2 N–H and O–H groups in total. The topological polar surface area (TPSA) is 29.3 Å². The molecular weight excluding hydrogens is 303 g/mol. The zero-order valence-corrected chi connectivity index (χ0v) is 13.8. The second-order valence-corrected chi connectivity index (χ2v) is 6.31. The lowest BCUT2D eigenvalue weighted by Crippen LogP contribution is -2.22. The van der Waals surface area contributed by atoms with Crippen molar-refractivity contribution in [3.05, 3.63) is 63.6 Å². The molecule has 112 valence electrons. The van der Waals surface area contributed by atoms with Crippen LogP contribution in [0.4, 0.5) is 5.69 Å². The molecule has 4 heteroatoms. The fourth-order valence-electron chi connectivity index (χ4n) is 2.43. The Balaban J connectivity index is 2.23. The van der Waals surface area contributed by atoms with Crippen LogP contribution in [0.2, 0.25) is 10.0 Å². The second-order valence-electron chi connectivity index (χ2n) is 5.44. The molecule has 21 heavy (non-hydrogen) atoms. The van der Waals surface area contributed by atoms with Gasteiger partial charge in [-0.05, 0) is 54.8 Å². The fourth-order valence-corrected chi connectivity index (χ4v) is 2.84. The van der Waals surface area contributed by atoms with Gasteiger partial charge >= 0.3 is 0 Å². The van der Waals surface area contributed by atoms with Crippen LogP contribution in [0.5, 0.6) is 0 Å². The summed E-state index contributed by atoms with van der Waals surface area (Å²) >= 11 is 12.2. The molecule has 2 nitrogen and oxygen atoms in total. The van der Waals surface area contributed by atoms with Crippen LogP contribution in [0.25, 0.3) is 0 Å². The summed E-state index contributed by atoms with van der Waals surface area (Å²) < 4.78 is 0. The van der Waals surface area contributed by atoms with Crippen molar-refractivity contribution in [2.75, 3.05) is 11.9 Å². The van der Waals surface area contributed by atoms with E-state index in [1.165, 1.54) is 11.1 Å². The summed E-state index contributed by atoms with van der Waals surface area (Å²) in [5, 5.41) is 1.50. The molecule has 0 radical (unpaired) electrons. The van der Waals surface area contributed by atoms with Gasteiger partial charge in [-0.15, -0.1) is 0 Å². The number of hydrogen-bond donors (Lipinski definition) is 1. The van der Waals surface area contributed by atoms with Crippen LogP contribution in [0.3, 0.4) is 0 Å². The van der Waals surface area contributed by atoms with E-state index in [1.807, 2.05) is 43.3 Å². The first-order valence-corrected chi connectivity index (χ1v) is 7.71. The van der Waals surface area contributed by atoms with E-state index in [1.54, 1.807) is 0 Å². The van der Waals surface area contributed by atoms with Crippen LogP contribution in [0.1, 0.15) is 18.1 Å². The van der Waals surface area contributed by atoms with E-state index < -0.39 is 0 Å². The van der Waals surface area contributed by atoms with Crippen LogP contribution < -0.4 is 10.6 Å². The average Bonchev–Trinajstić information content (AvgIpc) is 2.37. The Morgan fingerprint density at radius 3 is 2.48 bits per heavy atom. The first kappa shape index (κ1) is 16.2. The maximum Gasteiger partial charge on any atom is 0.0426 e. The Morgan fingerprint density at radius 2 is 1.81 bits per heavy atom. The first-order valence-electron chi connectivity index (χ1n) is 6.95. The molecule has 2 aromatic carbocycles. The molecule has 0 fully saturated rings. The largest absolute Gasteiger partial charge is 0.370 e. The van der Waals surface area contributed by atoms with Crippen molar-refractivity contribution >= 4 is 28.9 Å². The van der Waals surface area contributed by atoms with Gasteiger partial charge in [0.05, 0.1) is 0 Å². The lowest BCUT2D eigenvalue weighted by molar-refractivity contribution is 0.734. The number of hydrogen-bond acceptors (Lipinski definition) is 2. The van der Waals surface area contributed by atoms with Gasteiger partial charge in [-0.25, -0.2) is 0 Å². The Morgan fingerprint density at radius 1 is 1.10 bits per heavy atom. The second kappa shape index (κ2) is 7.17. The van der Waals surface area contributed by atoms with Crippen molar-refractivity contribution in [3.8, 4) is 0 Å². The quantitative estimate of drug-likeness (QED) is 0.876. The summed E-state index contributed by atoms with van der Waals surface area (Å²) in [6, 6.07) is 14.0. The highest BCUT2D eigenvalue weighted by Gasteiger charge is 2.10. The van der Waals surface area contributed by atoms with Gasteiger partial charge < -0.3 is 10.6 Å². The molecule has 2 aromatic rings. The smallest absolute Gasteiger partial charge is 0.0426 e. The van der Waals surface area contributed by atoms with Gasteiger partial charge in [0.1, 0.15) is 0 Å². The van der Waals surface area contributed by atoms with Crippen LogP contribution in [-0.2, 0) is 13.0 Å². The van der Waals surface area contributed by atoms with Crippen LogP contribution in [0, 0.1) is 0 Å². The monoisotopic (exact) mass is 322 g/mol. The number of nitrogens with zero attached hydrogens (tertiary/aromatic N) is 1. The minimum atomic E-state index is 0.0989. The van der Waals surface area contributed by atoms with Gasteiger partial charge in [0, 0.05) is 35.4 Å². The predicted octanol–water partition coefficient (Wildman–Crippen LogP) is 4.52. The van der Waals surface area contributed by atoms with Gasteiger partial charge in [0.15, 0.2) is 0 Å². The summed E-state index contributed by atoms with van der Waals surface area (Å²) in [6.45, 7) is 2.79. The molecule has 0 amide bonds. The molecule has 0 saturated carbocycles. The van der Waals surface area contributed by atoms with Crippen molar-refractivity contribution in [2.45, 2.75) is 25.9 Å². The van der Waals surface area contributed by atoms with Crippen molar-refractivity contribution in [1.82, 2.24) is 0 Å². The van der Waals surface area contributed by atoms with Crippen LogP contribution in [-0.4, -0.2) is 13.1 Å². The summed E-state index contributed by atoms with van der Waals surface area (Å²) in [7, 11) is 2.06. The van der Waals surface area contributed by atoms with E-state index in [0.29, 0.717) is 0 Å². The van der Waals surface area contributed by atoms with E-state index in [9.17, 15) is 0 Å². The molecular formula is C17H20Cl2N2. The average molecular weight is 323 g/mol. The molecule has 0 aliphatic rings. The van der Waals surface area contributed by atoms with Crippen LogP contribution in [0.15, 0.2) is 42.5 Å². The highest BCUT2D eigenvalue weighted by atomic mass is 35.5. The predicted molar refractivity (Wildman–Crippen MR) is 92.4 cm³/mol. The SMILES string of the molecule is CC(N)Cc1cc(Cl)ccc1N(C)Cc1cccc(Cl)c1. The molecule has 0 aliphatic heterocycles. The number of rotatable bonds is 5. The lowest BCUT2D eigenvalue weighted by atomic mass is 10.0. The molecule has 0 heterocycles. The summed E-state index contributed by atoms with van der Waals surface area (Å²) in [5.41, 5.74) is 9.43. The zero-order chi connectivity index (χ0) is 15.4. The number of halogens is 2. The van der Waals surface area contributed by atoms with Gasteiger partial charge in [-0.2, -0.15) is 0 Å². The normalized spacial score (nSPS) is 12.2. The van der Waals surface area contributed by atoms with E-state index in [-0.39, 0.29) is 6.04 Å². The molecule has 0 spiro atoms. The molecule has 2 rings (SSSR count). The van der Waals surface area contributed by atoms with Gasteiger partial charge in [-0.1, -0.05) is 35.3 Å². The third kappa shape index (κ3) is 4.63. The van der Waals surface area contributed by atoms with Gasteiger partial charge in [0.25, 0.3) is 0 Å². The van der Waals surface area contributed by atoms with E-state index in [2.05, 4.69) is 18.0 Å². The summed E-state index contributed by atoms with van der Waals surface area (Å²) in [4.78, 5) is 2.19. The minimum absolute atomic E-state index is 0.0989. The molecule has 0 aliphatic carbocycles. The van der Waals surface area contributed by atoms with Crippen molar-refractivity contribution in [3.63, 3.8) is 0 Å². The standard InChI is InChI=1S/C17H20Cl2N2/c1-12(20)8-14-10-16(19)6-7-17(14)21(2)11-13-4-3-5-15(18)9-13/h3-7,9-10,12H,8,11,20H2,1-2H3. The van der Waals surface area contributed by atoms with E-state index >= 15 is 0 Å². The molecule has 1 unspecified atom stereocenters. The maximum absolute atomic E-state index is 6.11. The van der Waals surface area contributed by atoms with Gasteiger partial charge in [0.2, 0.25) is 0 Å². The highest BCUT2D eigenvalue weighted by Crippen LogP contribution is 2.26. The lowest BCUT2D eigenvalue weighted by Gasteiger charge is -2.23. The Labute approximate surface area is 136 Å². The fraction of sp³-hybridized carbons (Fsp3) is 0.294. The van der Waals surface area contributed by atoms with E-state index in [0.717, 1.165) is 28.7 Å². The zero-order valence-electron chi connectivity index (χ0n) is 12.3. The first-order chi connectivity index (χ1) is 9.95. The highest BCUT2D eigenvalue weighted by molar-refractivity contribution is 6.31. The molecule has 1 atom stereocenters. The third-order valence-electron chi connectivity index (χ3n) is 3.30. The van der Waals surface area contributed by atoms with E-state index in [4.69, 9.17) is 28.9 Å². The van der Waals surface area contributed by atoms with Crippen molar-refractivity contribution < 1.29 is 0 Å².